The van der Waals surface area contributed by atoms with Crippen LogP contribution in [-0.2, 0) is 4.79 Å². The predicted molar refractivity (Wildman–Crippen MR) is 137 cm³/mol. The third kappa shape index (κ3) is 5.19. The van der Waals surface area contributed by atoms with Crippen molar-refractivity contribution < 1.29 is 18.7 Å². The van der Waals surface area contributed by atoms with E-state index in [-0.39, 0.29) is 40.8 Å². The van der Waals surface area contributed by atoms with Crippen molar-refractivity contribution in [3.05, 3.63) is 35.0 Å². The highest BCUT2D eigenvalue weighted by Crippen LogP contribution is 2.43. The molecule has 0 unspecified atom stereocenters. The van der Waals surface area contributed by atoms with E-state index < -0.39 is 17.0 Å². The second-order valence-electron chi connectivity index (χ2n) is 10.4. The number of nitrogens with zero attached hydrogens (tertiary/aromatic N) is 4. The summed E-state index contributed by atoms with van der Waals surface area (Å²) >= 11 is 5.79. The van der Waals surface area contributed by atoms with E-state index in [0.29, 0.717) is 49.2 Å². The van der Waals surface area contributed by atoms with Crippen molar-refractivity contribution in [3.63, 3.8) is 0 Å². The molecule has 2 fully saturated rings. The fraction of sp³-hybridized carbons (Fsp3) is 0.520. The van der Waals surface area contributed by atoms with Gasteiger partial charge in [0.25, 0.3) is 0 Å². The molecule has 5 rings (SSSR count). The molecule has 2 aromatic heterocycles. The Balaban J connectivity index is 1.52. The SMILES string of the molecule is C[C@]1(C(N)=O)CC[C@H](n2c(Nc3c(F)cc(Cl)cc3F)nc3cnc(N[C@@H]4CCC[C@@H](O)C4)nc32)CC1. The number of nitrogens with one attached hydrogen (secondary N) is 2. The molecule has 0 saturated heterocycles. The van der Waals surface area contributed by atoms with Crippen LogP contribution in [0.15, 0.2) is 18.3 Å². The van der Waals surface area contributed by atoms with Gasteiger partial charge >= 0.3 is 0 Å². The average Bonchev–Trinajstić information content (AvgIpc) is 3.19. The van der Waals surface area contributed by atoms with E-state index in [9.17, 15) is 18.7 Å². The Morgan fingerprint density at radius 1 is 1.19 bits per heavy atom. The zero-order valence-corrected chi connectivity index (χ0v) is 21.2. The number of nitrogens with two attached hydrogens (primary N) is 1. The van der Waals surface area contributed by atoms with Gasteiger partial charge in [0, 0.05) is 22.5 Å². The number of aliphatic hydroxyl groups is 1. The highest BCUT2D eigenvalue weighted by molar-refractivity contribution is 6.30. The minimum Gasteiger partial charge on any atom is -0.393 e. The number of rotatable bonds is 6. The Labute approximate surface area is 217 Å². The summed E-state index contributed by atoms with van der Waals surface area (Å²) in [5, 5.41) is 16.1. The van der Waals surface area contributed by atoms with Gasteiger partial charge in [-0.05, 0) is 63.5 Å². The van der Waals surface area contributed by atoms with Gasteiger partial charge in [-0.3, -0.25) is 9.36 Å². The minimum absolute atomic E-state index is 0.0402. The van der Waals surface area contributed by atoms with E-state index in [1.54, 1.807) is 6.20 Å². The first-order chi connectivity index (χ1) is 17.6. The number of primary amides is 1. The lowest BCUT2D eigenvalue weighted by Crippen LogP contribution is -2.38. The number of aliphatic hydroxyl groups excluding tert-OH is 1. The van der Waals surface area contributed by atoms with E-state index in [4.69, 9.17) is 22.3 Å². The third-order valence-electron chi connectivity index (χ3n) is 7.67. The maximum atomic E-state index is 14.6. The number of aromatic nitrogens is 4. The predicted octanol–water partition coefficient (Wildman–Crippen LogP) is 4.82. The van der Waals surface area contributed by atoms with Crippen molar-refractivity contribution >= 4 is 46.3 Å². The zero-order chi connectivity index (χ0) is 26.3. The number of halogens is 3. The number of carbonyl (C=O) groups is 1. The first kappa shape index (κ1) is 25.6. The largest absolute Gasteiger partial charge is 0.393 e. The molecule has 1 aromatic carbocycles. The minimum atomic E-state index is -0.849. The molecule has 2 heterocycles. The lowest BCUT2D eigenvalue weighted by molar-refractivity contribution is -0.128. The van der Waals surface area contributed by atoms with Crippen molar-refractivity contribution in [3.8, 4) is 0 Å². The molecule has 1 amide bonds. The standard InChI is InChI=1S/C25H30ClF2N7O2/c1-25(22(29)37)7-5-15(6-8-25)35-21-19(12-30-23(34-21)31-14-3-2-4-16(36)11-14)32-24(35)33-20-17(27)9-13(26)10-18(20)28/h9-10,12,14-16,36H,2-8,11H2,1H3,(H2,29,37)(H,32,33)(H,30,31,34)/t14-,15-,16-,25-/m1/s1. The lowest BCUT2D eigenvalue weighted by atomic mass is 9.73. The van der Waals surface area contributed by atoms with Crippen LogP contribution < -0.4 is 16.4 Å². The normalized spacial score (nSPS) is 26.2. The topological polar surface area (TPSA) is 131 Å². The van der Waals surface area contributed by atoms with Crippen LogP contribution in [0.1, 0.15) is 64.3 Å². The molecule has 37 heavy (non-hydrogen) atoms. The molecular formula is C25H30ClF2N7O2. The summed E-state index contributed by atoms with van der Waals surface area (Å²) in [6, 6.07) is 1.95. The summed E-state index contributed by atoms with van der Waals surface area (Å²) in [7, 11) is 0. The second kappa shape index (κ2) is 10.0. The van der Waals surface area contributed by atoms with E-state index in [2.05, 4.69) is 20.6 Å². The monoisotopic (exact) mass is 533 g/mol. The zero-order valence-electron chi connectivity index (χ0n) is 20.5. The Morgan fingerprint density at radius 2 is 1.89 bits per heavy atom. The van der Waals surface area contributed by atoms with E-state index in [1.807, 2.05) is 11.5 Å². The first-order valence-electron chi connectivity index (χ1n) is 12.5. The number of fused-ring (bicyclic) bond motifs is 1. The van der Waals surface area contributed by atoms with Gasteiger partial charge in [-0.25, -0.2) is 18.7 Å². The third-order valence-corrected chi connectivity index (χ3v) is 7.89. The van der Waals surface area contributed by atoms with Crippen LogP contribution in [0.4, 0.5) is 26.4 Å². The van der Waals surface area contributed by atoms with Crippen LogP contribution in [-0.4, -0.2) is 42.7 Å². The molecular weight excluding hydrogens is 504 g/mol. The molecule has 2 atom stereocenters. The fourth-order valence-corrected chi connectivity index (χ4v) is 5.58. The quantitative estimate of drug-likeness (QED) is 0.357. The van der Waals surface area contributed by atoms with Gasteiger partial charge in [-0.2, -0.15) is 4.98 Å². The smallest absolute Gasteiger partial charge is 0.224 e. The molecule has 2 aliphatic carbocycles. The Hall–Kier alpha value is -3.05. The molecule has 12 heteroatoms. The molecule has 0 aliphatic heterocycles. The van der Waals surface area contributed by atoms with Crippen LogP contribution in [0.2, 0.25) is 5.02 Å². The van der Waals surface area contributed by atoms with Gasteiger partial charge in [-0.15, -0.1) is 0 Å². The van der Waals surface area contributed by atoms with Crippen molar-refractivity contribution in [1.29, 1.82) is 0 Å². The maximum Gasteiger partial charge on any atom is 0.224 e. The number of anilines is 3. The summed E-state index contributed by atoms with van der Waals surface area (Å²) in [6.45, 7) is 1.86. The average molecular weight is 534 g/mol. The van der Waals surface area contributed by atoms with Crippen molar-refractivity contribution in [2.75, 3.05) is 10.6 Å². The molecule has 3 aromatic rings. The van der Waals surface area contributed by atoms with Crippen LogP contribution in [0.25, 0.3) is 11.2 Å². The maximum absolute atomic E-state index is 14.6. The number of hydrogen-bond acceptors (Lipinski definition) is 7. The highest BCUT2D eigenvalue weighted by Gasteiger charge is 2.38. The van der Waals surface area contributed by atoms with Crippen molar-refractivity contribution in [2.45, 2.75) is 76.5 Å². The van der Waals surface area contributed by atoms with E-state index in [1.165, 1.54) is 0 Å². The number of imidazole rings is 1. The van der Waals surface area contributed by atoms with Gasteiger partial charge < -0.3 is 21.5 Å². The number of benzene rings is 1. The van der Waals surface area contributed by atoms with Gasteiger partial charge in [-0.1, -0.05) is 18.5 Å². The van der Waals surface area contributed by atoms with E-state index in [0.717, 1.165) is 31.4 Å². The molecule has 0 bridgehead atoms. The summed E-state index contributed by atoms with van der Waals surface area (Å²) in [5.41, 5.74) is 5.61. The van der Waals surface area contributed by atoms with Crippen LogP contribution in [0.5, 0.6) is 0 Å². The molecule has 0 spiro atoms. The Kier molecular flexibility index (Phi) is 6.93. The van der Waals surface area contributed by atoms with Crippen LogP contribution in [0, 0.1) is 17.0 Å². The number of hydrogen-bond donors (Lipinski definition) is 4. The van der Waals surface area contributed by atoms with Gasteiger partial charge in [0.15, 0.2) is 17.3 Å². The highest BCUT2D eigenvalue weighted by atomic mass is 35.5. The Bertz CT molecular complexity index is 1300. The fourth-order valence-electron chi connectivity index (χ4n) is 5.39. The van der Waals surface area contributed by atoms with Crippen molar-refractivity contribution in [1.82, 2.24) is 19.5 Å². The summed E-state index contributed by atoms with van der Waals surface area (Å²) in [4.78, 5) is 25.7. The summed E-state index contributed by atoms with van der Waals surface area (Å²) in [6.07, 6.45) is 6.73. The molecule has 0 radical (unpaired) electrons. The number of carbonyl (C=O) groups excluding carboxylic acids is 1. The Morgan fingerprint density at radius 3 is 2.54 bits per heavy atom. The van der Waals surface area contributed by atoms with Gasteiger partial charge in [0.2, 0.25) is 17.8 Å². The van der Waals surface area contributed by atoms with E-state index >= 15 is 0 Å². The van der Waals surface area contributed by atoms with Crippen LogP contribution >= 0.6 is 11.6 Å². The molecule has 9 nitrogen and oxygen atoms in total. The van der Waals surface area contributed by atoms with Gasteiger partial charge in [0.05, 0.1) is 12.3 Å². The number of amides is 1. The lowest BCUT2D eigenvalue weighted by Gasteiger charge is -2.35. The summed E-state index contributed by atoms with van der Waals surface area (Å²) < 4.78 is 31.1. The molecule has 2 saturated carbocycles. The second-order valence-corrected chi connectivity index (χ2v) is 10.8. The van der Waals surface area contributed by atoms with Crippen LogP contribution in [0.3, 0.4) is 0 Å². The summed E-state index contributed by atoms with van der Waals surface area (Å²) in [5.74, 6) is -1.44. The molecule has 5 N–H and O–H groups in total. The molecule has 198 valence electrons. The first-order valence-corrected chi connectivity index (χ1v) is 12.9. The molecule has 2 aliphatic rings. The van der Waals surface area contributed by atoms with Crippen molar-refractivity contribution in [2.24, 2.45) is 11.1 Å². The van der Waals surface area contributed by atoms with Gasteiger partial charge in [0.1, 0.15) is 11.2 Å².